The molecular weight excluding hydrogens is 476 g/mol. The molecule has 0 aromatic heterocycles. The van der Waals surface area contributed by atoms with E-state index in [1.54, 1.807) is 6.07 Å². The van der Waals surface area contributed by atoms with Crippen molar-refractivity contribution in [2.24, 2.45) is 0 Å². The molecule has 26 heavy (non-hydrogen) atoms. The number of benzene rings is 2. The van der Waals surface area contributed by atoms with Crippen molar-refractivity contribution < 1.29 is 36.9 Å². The Bertz CT molecular complexity index is 762. The molecule has 0 aliphatic rings. The number of nitrogens with one attached hydrogen (secondary N) is 1. The second kappa shape index (κ2) is 8.35. The summed E-state index contributed by atoms with van der Waals surface area (Å²) in [5.41, 5.74) is -1.23. The van der Waals surface area contributed by atoms with Crippen LogP contribution in [0.3, 0.4) is 0 Å². The van der Waals surface area contributed by atoms with Crippen LogP contribution in [-0.2, 0) is 6.18 Å². The molecule has 2 rings (SSSR count). The summed E-state index contributed by atoms with van der Waals surface area (Å²) in [5.74, 6) is -4.04. The Labute approximate surface area is 158 Å². The molecule has 0 aliphatic heterocycles. The number of hydrogen-bond acceptors (Lipinski definition) is 4. The van der Waals surface area contributed by atoms with E-state index in [9.17, 15) is 27.1 Å². The largest absolute Gasteiger partial charge is 0.449 e. The molecule has 4 nitrogen and oxygen atoms in total. The van der Waals surface area contributed by atoms with Gasteiger partial charge in [0, 0.05) is 10.1 Å². The number of ether oxygens (including phenoxy) is 1. The molecule has 0 radical (unpaired) electrons. The predicted octanol–water partition coefficient (Wildman–Crippen LogP) is 4.15. The summed E-state index contributed by atoms with van der Waals surface area (Å²) in [6.45, 7) is -0.582. The van der Waals surface area contributed by atoms with Crippen LogP contribution in [0.15, 0.2) is 30.3 Å². The van der Waals surface area contributed by atoms with Crippen LogP contribution in [-0.4, -0.2) is 29.5 Å². The van der Waals surface area contributed by atoms with Gasteiger partial charge in [0.15, 0.2) is 23.1 Å². The minimum absolute atomic E-state index is 0.0559. The van der Waals surface area contributed by atoms with E-state index in [4.69, 9.17) is 9.84 Å². The number of hydrogen-bond donors (Lipinski definition) is 3. The lowest BCUT2D eigenvalue weighted by Gasteiger charge is -2.16. The minimum Gasteiger partial charge on any atom is -0.449 e. The van der Waals surface area contributed by atoms with Crippen LogP contribution in [0.2, 0.25) is 0 Å². The minimum atomic E-state index is -4.89. The molecule has 0 aliphatic carbocycles. The van der Waals surface area contributed by atoms with Crippen molar-refractivity contribution in [1.29, 1.82) is 0 Å². The van der Waals surface area contributed by atoms with Crippen LogP contribution in [0.1, 0.15) is 5.56 Å². The second-order valence-corrected chi connectivity index (χ2v) is 6.47. The zero-order valence-corrected chi connectivity index (χ0v) is 15.1. The maximum absolute atomic E-state index is 14.0. The van der Waals surface area contributed by atoms with Crippen molar-refractivity contribution >= 4 is 28.3 Å². The smallest absolute Gasteiger partial charge is 0.416 e. The fourth-order valence-corrected chi connectivity index (χ4v) is 2.41. The van der Waals surface area contributed by atoms with Gasteiger partial charge in [-0.1, -0.05) is 0 Å². The topological polar surface area (TPSA) is 61.7 Å². The van der Waals surface area contributed by atoms with Gasteiger partial charge in [-0.25, -0.2) is 8.78 Å². The molecule has 0 amide bonds. The van der Waals surface area contributed by atoms with E-state index >= 15 is 0 Å². The Kier molecular flexibility index (Phi) is 6.64. The van der Waals surface area contributed by atoms with Gasteiger partial charge in [-0.05, 0) is 52.9 Å². The first-order valence-electron chi connectivity index (χ1n) is 7.18. The molecule has 2 aromatic carbocycles. The molecule has 142 valence electrons. The SMILES string of the molecule is OCC(O)CNc1ccc(I)cc1Oc1c(F)cc(C(F)(F)F)cc1F. The summed E-state index contributed by atoms with van der Waals surface area (Å²) in [6, 6.07) is 4.84. The Morgan fingerprint density at radius 1 is 1.12 bits per heavy atom. The standard InChI is InChI=1S/C16H13F5INO3/c17-11-3-8(16(19,20)21)4-12(18)15(11)26-14-5-9(22)1-2-13(14)23-6-10(25)7-24/h1-5,10,23-25H,6-7H2. The van der Waals surface area contributed by atoms with Crippen molar-refractivity contribution in [2.45, 2.75) is 12.3 Å². The van der Waals surface area contributed by atoms with Crippen LogP contribution in [0.4, 0.5) is 27.6 Å². The highest BCUT2D eigenvalue weighted by Crippen LogP contribution is 2.37. The number of rotatable bonds is 6. The third kappa shape index (κ3) is 5.17. The van der Waals surface area contributed by atoms with E-state index < -0.39 is 41.8 Å². The van der Waals surface area contributed by atoms with E-state index in [2.05, 4.69) is 5.32 Å². The van der Waals surface area contributed by atoms with Crippen molar-refractivity contribution in [3.63, 3.8) is 0 Å². The molecule has 0 saturated heterocycles. The van der Waals surface area contributed by atoms with Crippen molar-refractivity contribution in [2.75, 3.05) is 18.5 Å². The Balaban J connectivity index is 2.34. The monoisotopic (exact) mass is 489 g/mol. The summed E-state index contributed by atoms with van der Waals surface area (Å²) in [7, 11) is 0. The van der Waals surface area contributed by atoms with Crippen molar-refractivity contribution in [3.05, 3.63) is 51.1 Å². The number of aliphatic hydroxyl groups excluding tert-OH is 2. The van der Waals surface area contributed by atoms with Gasteiger partial charge in [-0.2, -0.15) is 13.2 Å². The highest BCUT2D eigenvalue weighted by Gasteiger charge is 2.33. The first-order valence-corrected chi connectivity index (χ1v) is 8.26. The van der Waals surface area contributed by atoms with Gasteiger partial charge in [0.1, 0.15) is 0 Å². The first-order chi connectivity index (χ1) is 12.1. The van der Waals surface area contributed by atoms with E-state index in [-0.39, 0.29) is 30.1 Å². The lowest BCUT2D eigenvalue weighted by atomic mass is 10.2. The Morgan fingerprint density at radius 3 is 2.27 bits per heavy atom. The van der Waals surface area contributed by atoms with Gasteiger partial charge < -0.3 is 20.3 Å². The average molecular weight is 489 g/mol. The van der Waals surface area contributed by atoms with E-state index in [0.29, 0.717) is 3.57 Å². The first kappa shape index (κ1) is 20.6. The number of halogens is 6. The van der Waals surface area contributed by atoms with Gasteiger partial charge in [0.05, 0.1) is 24.0 Å². The molecule has 2 aromatic rings. The highest BCUT2D eigenvalue weighted by atomic mass is 127. The van der Waals surface area contributed by atoms with Crippen LogP contribution >= 0.6 is 22.6 Å². The van der Waals surface area contributed by atoms with Gasteiger partial charge >= 0.3 is 6.18 Å². The molecule has 0 spiro atoms. The lowest BCUT2D eigenvalue weighted by Crippen LogP contribution is -2.23. The molecule has 3 N–H and O–H groups in total. The number of aliphatic hydroxyl groups is 2. The summed E-state index contributed by atoms with van der Waals surface area (Å²) < 4.78 is 71.5. The van der Waals surface area contributed by atoms with E-state index in [0.717, 1.165) is 0 Å². The highest BCUT2D eigenvalue weighted by molar-refractivity contribution is 14.1. The average Bonchev–Trinajstić information content (AvgIpc) is 2.55. The van der Waals surface area contributed by atoms with Crippen LogP contribution in [0, 0.1) is 15.2 Å². The van der Waals surface area contributed by atoms with Crippen LogP contribution < -0.4 is 10.1 Å². The Morgan fingerprint density at radius 2 is 1.73 bits per heavy atom. The summed E-state index contributed by atoms with van der Waals surface area (Å²) in [6.07, 6.45) is -5.98. The van der Waals surface area contributed by atoms with Crippen LogP contribution in [0.25, 0.3) is 0 Å². The Hall–Kier alpha value is -1.66. The van der Waals surface area contributed by atoms with E-state index in [1.165, 1.54) is 12.1 Å². The van der Waals surface area contributed by atoms with Gasteiger partial charge in [0.25, 0.3) is 0 Å². The predicted molar refractivity (Wildman–Crippen MR) is 92.2 cm³/mol. The molecule has 0 heterocycles. The fraction of sp³-hybridized carbons (Fsp3) is 0.250. The maximum Gasteiger partial charge on any atom is 0.416 e. The van der Waals surface area contributed by atoms with Crippen molar-refractivity contribution in [1.82, 2.24) is 0 Å². The number of anilines is 1. The van der Waals surface area contributed by atoms with E-state index in [1.807, 2.05) is 22.6 Å². The fourth-order valence-electron chi connectivity index (χ4n) is 1.95. The quantitative estimate of drug-likeness (QED) is 0.422. The molecule has 10 heteroatoms. The van der Waals surface area contributed by atoms with Crippen LogP contribution in [0.5, 0.6) is 11.5 Å². The molecule has 1 atom stereocenters. The molecule has 0 bridgehead atoms. The molecule has 1 unspecified atom stereocenters. The van der Waals surface area contributed by atoms with Gasteiger partial charge in [-0.3, -0.25) is 0 Å². The molecule has 0 saturated carbocycles. The van der Waals surface area contributed by atoms with Crippen molar-refractivity contribution in [3.8, 4) is 11.5 Å². The molecule has 0 fully saturated rings. The zero-order chi connectivity index (χ0) is 19.5. The third-order valence-electron chi connectivity index (χ3n) is 3.22. The molecular formula is C16H13F5INO3. The maximum atomic E-state index is 14.0. The van der Waals surface area contributed by atoms with Gasteiger partial charge in [0.2, 0.25) is 0 Å². The summed E-state index contributed by atoms with van der Waals surface area (Å²) in [4.78, 5) is 0. The normalized spacial score (nSPS) is 12.8. The zero-order valence-electron chi connectivity index (χ0n) is 12.9. The third-order valence-corrected chi connectivity index (χ3v) is 3.89. The number of alkyl halides is 3. The second-order valence-electron chi connectivity index (χ2n) is 5.23. The van der Waals surface area contributed by atoms with Gasteiger partial charge in [-0.15, -0.1) is 0 Å². The summed E-state index contributed by atoms with van der Waals surface area (Å²) in [5, 5.41) is 20.9. The lowest BCUT2D eigenvalue weighted by molar-refractivity contribution is -0.138. The summed E-state index contributed by atoms with van der Waals surface area (Å²) >= 11 is 1.91.